The Balaban J connectivity index is 0.905. The number of hydrogen-bond donors (Lipinski definition) is 0. The fourth-order valence-electron chi connectivity index (χ4n) is 23.6. The molecule has 4 aliphatic carbocycles. The predicted octanol–water partition coefficient (Wildman–Crippen LogP) is 6.61. The molecular formula is C64H96N8O4. The lowest BCUT2D eigenvalue weighted by atomic mass is 9.35. The van der Waals surface area contributed by atoms with Gasteiger partial charge in [-0.2, -0.15) is 0 Å². The first-order valence-electron chi connectivity index (χ1n) is 31.0. The van der Waals surface area contributed by atoms with Crippen molar-refractivity contribution in [2.45, 2.75) is 156 Å². The zero-order chi connectivity index (χ0) is 51.8. The van der Waals surface area contributed by atoms with Gasteiger partial charge in [0.25, 0.3) is 0 Å². The number of morpholine rings is 4. The highest BCUT2D eigenvalue weighted by Crippen LogP contribution is 2.83. The molecule has 0 unspecified atom stereocenters. The molecule has 12 atom stereocenters. The maximum Gasteiger partial charge on any atom is 0.0594 e. The van der Waals surface area contributed by atoms with Crippen molar-refractivity contribution in [3.8, 4) is 0 Å². The number of nitrogens with zero attached hydrogens (tertiary/aromatic N) is 8. The van der Waals surface area contributed by atoms with E-state index in [2.05, 4.69) is 143 Å². The highest BCUT2D eigenvalue weighted by molar-refractivity contribution is 5.42. The molecular weight excluding hydrogens is 945 g/mol. The van der Waals surface area contributed by atoms with Crippen LogP contribution in [0.4, 0.5) is 0 Å². The van der Waals surface area contributed by atoms with E-state index in [9.17, 15) is 0 Å². The molecule has 0 radical (unpaired) electrons. The average Bonchev–Trinajstić information content (AvgIpc) is 3.98. The van der Waals surface area contributed by atoms with E-state index in [1.54, 1.807) is 0 Å². The lowest BCUT2D eigenvalue weighted by Gasteiger charge is -2.69. The number of rotatable bonds is 8. The van der Waals surface area contributed by atoms with Crippen molar-refractivity contribution in [3.63, 3.8) is 0 Å². The van der Waals surface area contributed by atoms with Gasteiger partial charge in [-0.05, 0) is 69.6 Å². The molecule has 2 aromatic carbocycles. The van der Waals surface area contributed by atoms with Gasteiger partial charge in [0.15, 0.2) is 0 Å². The quantitative estimate of drug-likeness (QED) is 0.287. The van der Waals surface area contributed by atoms with Crippen molar-refractivity contribution in [1.82, 2.24) is 39.2 Å². The van der Waals surface area contributed by atoms with E-state index < -0.39 is 0 Å². The van der Waals surface area contributed by atoms with Gasteiger partial charge in [0.05, 0.1) is 52.9 Å². The van der Waals surface area contributed by atoms with Crippen LogP contribution >= 0.6 is 0 Å². The van der Waals surface area contributed by atoms with Gasteiger partial charge in [-0.25, -0.2) is 0 Å². The summed E-state index contributed by atoms with van der Waals surface area (Å²) in [5.74, 6) is 0. The normalized spacial score (nSPS) is 43.8. The molecule has 416 valence electrons. The van der Waals surface area contributed by atoms with Gasteiger partial charge >= 0.3 is 0 Å². The average molecular weight is 1040 g/mol. The topological polar surface area (TPSA) is 62.8 Å². The van der Waals surface area contributed by atoms with Crippen LogP contribution in [0.1, 0.15) is 103 Å². The lowest BCUT2D eigenvalue weighted by molar-refractivity contribution is -0.201. The smallest absolute Gasteiger partial charge is 0.0594 e. The summed E-state index contributed by atoms with van der Waals surface area (Å²) in [5.41, 5.74) is 6.89. The standard InChI is InChI=1S/C64H96N8O4/c1-57(2)49-33-54-62(42-66-17-25-74-26-18-66)58(3,4)50-34-53(61(57,62)41-65-15-23-73-24-16-65)69(49)37-45-11-9-12-46(31-45)39-71-51-35-56-64(44-68-21-29-76-30-22-68)60(7,8)52(72(56)40-48-14-10-13-47(32-48)38-70(50)54)36-55(71)63(64,59(51,5)6)43-67-19-27-75-28-20-67/h9-14,31-32,49-56H,15-30,33-44H2,1-8H3/t49-,50-,51-,52-,53+,54+,55+,56+,61-,62-,63-,64-/m0/s1. The first-order valence-corrected chi connectivity index (χ1v) is 31.0. The van der Waals surface area contributed by atoms with Gasteiger partial charge in [-0.15, -0.1) is 0 Å². The minimum absolute atomic E-state index is 0.0810. The summed E-state index contributed by atoms with van der Waals surface area (Å²) < 4.78 is 24.5. The van der Waals surface area contributed by atoms with E-state index in [0.29, 0.717) is 48.3 Å². The lowest BCUT2D eigenvalue weighted by Crippen LogP contribution is -2.75. The monoisotopic (exact) mass is 1040 g/mol. The summed E-state index contributed by atoms with van der Waals surface area (Å²) >= 11 is 0. The molecule has 0 amide bonds. The molecule has 76 heavy (non-hydrogen) atoms. The number of benzene rings is 2. The van der Waals surface area contributed by atoms with Crippen LogP contribution in [-0.2, 0) is 45.1 Å². The maximum atomic E-state index is 6.14. The first-order chi connectivity index (χ1) is 36.6. The van der Waals surface area contributed by atoms with Gasteiger partial charge < -0.3 is 18.9 Å². The Labute approximate surface area is 457 Å². The van der Waals surface area contributed by atoms with Crippen molar-refractivity contribution in [3.05, 3.63) is 70.8 Å². The second-order valence-corrected chi connectivity index (χ2v) is 29.7. The summed E-state index contributed by atoms with van der Waals surface area (Å²) in [5, 5.41) is 0. The van der Waals surface area contributed by atoms with Crippen LogP contribution in [0.15, 0.2) is 48.5 Å². The molecule has 14 aliphatic rings. The Bertz CT molecular complexity index is 2200. The Hall–Kier alpha value is -2.04. The van der Waals surface area contributed by atoms with Crippen molar-refractivity contribution < 1.29 is 18.9 Å². The minimum Gasteiger partial charge on any atom is -0.379 e. The summed E-state index contributed by atoms with van der Waals surface area (Å²) in [6.07, 6.45) is 4.97. The molecule has 12 nitrogen and oxygen atoms in total. The van der Waals surface area contributed by atoms with Crippen LogP contribution in [0.3, 0.4) is 0 Å². The summed E-state index contributed by atoms with van der Waals surface area (Å²) in [4.78, 5) is 24.3. The van der Waals surface area contributed by atoms with Crippen LogP contribution in [0, 0.1) is 43.3 Å². The van der Waals surface area contributed by atoms with Crippen molar-refractivity contribution in [2.75, 3.05) is 131 Å². The van der Waals surface area contributed by atoms with E-state index in [1.807, 2.05) is 0 Å². The summed E-state index contributed by atoms with van der Waals surface area (Å²) in [6, 6.07) is 24.4. The summed E-state index contributed by atoms with van der Waals surface area (Å²) in [7, 11) is 0. The van der Waals surface area contributed by atoms with Crippen LogP contribution in [-0.4, -0.2) is 219 Å². The minimum atomic E-state index is 0.0810. The van der Waals surface area contributed by atoms with Crippen molar-refractivity contribution in [2.24, 2.45) is 43.3 Å². The molecule has 8 saturated heterocycles. The molecule has 0 N–H and O–H groups in total. The fourth-order valence-corrected chi connectivity index (χ4v) is 23.6. The molecule has 16 rings (SSSR count). The second kappa shape index (κ2) is 17.7. The van der Waals surface area contributed by atoms with Crippen molar-refractivity contribution in [1.29, 1.82) is 0 Å². The van der Waals surface area contributed by atoms with E-state index in [1.165, 1.54) is 74.1 Å². The SMILES string of the molecule is CC1(C)[C@@H]2C[C@H]3N4Cc5cccc(c5)CN5[C@H]6C[C@H]7N(Cc8cccc(c8)CN2[C@@H]2C[C@H]4C(C)(C)[C@@]3(CN3CCOCC3)[C@@]21CN1CCOCC1)[C@H]1C[C@@H]5[C@@](CN2CCOCC2)(C6(C)C)[C@]7(CN2CCOCC2)C1(C)C. The number of hydrogen-bond acceptors (Lipinski definition) is 12. The Morgan fingerprint density at radius 2 is 0.539 bits per heavy atom. The van der Waals surface area contributed by atoms with Crippen LogP contribution in [0.5, 0.6) is 0 Å². The van der Waals surface area contributed by atoms with E-state index >= 15 is 0 Å². The van der Waals surface area contributed by atoms with Gasteiger partial charge in [-0.3, -0.25) is 39.2 Å². The molecule has 10 aliphatic heterocycles. The number of ether oxygens (including phenoxy) is 4. The van der Waals surface area contributed by atoms with E-state index in [0.717, 1.165) is 131 Å². The highest BCUT2D eigenvalue weighted by Gasteiger charge is 2.88. The van der Waals surface area contributed by atoms with Crippen LogP contribution < -0.4 is 0 Å². The third kappa shape index (κ3) is 6.51. The zero-order valence-electron chi connectivity index (χ0n) is 48.2. The van der Waals surface area contributed by atoms with Gasteiger partial charge in [0.2, 0.25) is 0 Å². The Morgan fingerprint density at radius 1 is 0.329 bits per heavy atom. The molecule has 0 aromatic heterocycles. The third-order valence-electron chi connectivity index (χ3n) is 26.5. The first kappa shape index (κ1) is 50.9. The molecule has 4 saturated carbocycles. The molecule has 12 heteroatoms. The highest BCUT2D eigenvalue weighted by atomic mass is 16.5. The second-order valence-electron chi connectivity index (χ2n) is 29.7. The Kier molecular flexibility index (Phi) is 11.9. The summed E-state index contributed by atoms with van der Waals surface area (Å²) in [6.45, 7) is 46.2. The van der Waals surface area contributed by atoms with Crippen LogP contribution in [0.25, 0.3) is 0 Å². The van der Waals surface area contributed by atoms with Gasteiger partial charge in [-0.1, -0.05) is 104 Å². The largest absolute Gasteiger partial charge is 0.379 e. The molecule has 2 aromatic rings. The molecule has 12 fully saturated rings. The van der Waals surface area contributed by atoms with Crippen LogP contribution in [0.2, 0.25) is 0 Å². The molecule has 0 spiro atoms. The van der Waals surface area contributed by atoms with Gasteiger partial charge in [0.1, 0.15) is 0 Å². The molecule has 17 bridgehead atoms. The zero-order valence-corrected chi connectivity index (χ0v) is 48.2. The third-order valence-corrected chi connectivity index (χ3v) is 26.5. The van der Waals surface area contributed by atoms with Gasteiger partial charge in [0, 0.05) is 175 Å². The maximum absolute atomic E-state index is 6.14. The fraction of sp³-hybridized carbons (Fsp3) is 0.812. The Morgan fingerprint density at radius 3 is 0.750 bits per heavy atom. The van der Waals surface area contributed by atoms with E-state index in [4.69, 9.17) is 18.9 Å². The van der Waals surface area contributed by atoms with E-state index in [-0.39, 0.29) is 43.3 Å². The van der Waals surface area contributed by atoms with Crippen molar-refractivity contribution >= 4 is 0 Å². The number of fused-ring (bicyclic) bond motifs is 1. The molecule has 10 heterocycles. The predicted molar refractivity (Wildman–Crippen MR) is 298 cm³/mol.